The summed E-state index contributed by atoms with van der Waals surface area (Å²) in [4.78, 5) is 10.6. The van der Waals surface area contributed by atoms with E-state index in [2.05, 4.69) is 0 Å². The van der Waals surface area contributed by atoms with Crippen LogP contribution in [0.15, 0.2) is 59.8 Å². The smallest absolute Gasteiger partial charge is 0.328 e. The number of hydrogen-bond acceptors (Lipinski definition) is 3. The van der Waals surface area contributed by atoms with Crippen LogP contribution in [-0.4, -0.2) is 23.5 Å². The Labute approximate surface area is 124 Å². The van der Waals surface area contributed by atoms with Gasteiger partial charge in [0.2, 0.25) is 0 Å². The summed E-state index contributed by atoms with van der Waals surface area (Å²) in [7, 11) is -3.62. The second-order valence-corrected chi connectivity index (χ2v) is 5.61. The van der Waals surface area contributed by atoms with E-state index in [1.807, 2.05) is 13.8 Å². The lowest BCUT2D eigenvalue weighted by Crippen LogP contribution is -2.10. The molecule has 0 spiro atoms. The first-order valence-electron chi connectivity index (χ1n) is 6.40. The van der Waals surface area contributed by atoms with Gasteiger partial charge in [-0.15, -0.1) is 0 Å². The zero-order valence-corrected chi connectivity index (χ0v) is 12.6. The van der Waals surface area contributed by atoms with Gasteiger partial charge in [0.1, 0.15) is 0 Å². The predicted molar refractivity (Wildman–Crippen MR) is 81.5 cm³/mol. The maximum absolute atomic E-state index is 12.2. The van der Waals surface area contributed by atoms with Gasteiger partial charge in [0.25, 0.3) is 10.0 Å². The number of rotatable bonds is 4. The molecule has 0 fully saturated rings. The van der Waals surface area contributed by atoms with Crippen LogP contribution in [0.25, 0.3) is 6.08 Å². The highest BCUT2D eigenvalue weighted by Crippen LogP contribution is 2.15. The number of nitrogens with zero attached hydrogens (tertiary/aromatic N) is 1. The van der Waals surface area contributed by atoms with E-state index >= 15 is 0 Å². The van der Waals surface area contributed by atoms with Crippen molar-refractivity contribution in [1.29, 1.82) is 0 Å². The highest BCUT2D eigenvalue weighted by Gasteiger charge is 2.15. The van der Waals surface area contributed by atoms with E-state index in [9.17, 15) is 13.2 Å². The van der Waals surface area contributed by atoms with Crippen molar-refractivity contribution in [2.24, 2.45) is 0 Å². The summed E-state index contributed by atoms with van der Waals surface area (Å²) in [5.41, 5.74) is 0.502. The van der Waals surface area contributed by atoms with Gasteiger partial charge in [0.15, 0.2) is 0 Å². The molecule has 21 heavy (non-hydrogen) atoms. The molecule has 112 valence electrons. The molecular weight excluding hydrogens is 290 g/mol. The molecular formula is C15H17NO4S. The Morgan fingerprint density at radius 3 is 2.33 bits per heavy atom. The van der Waals surface area contributed by atoms with Gasteiger partial charge in [-0.25, -0.2) is 17.2 Å². The maximum atomic E-state index is 12.2. The number of benzene rings is 1. The molecule has 2 aromatic rings. The van der Waals surface area contributed by atoms with Crippen molar-refractivity contribution in [3.63, 3.8) is 0 Å². The quantitative estimate of drug-likeness (QED) is 0.881. The maximum Gasteiger partial charge on any atom is 0.328 e. The number of carbonyl (C=O) groups is 1. The third-order valence-corrected chi connectivity index (χ3v) is 4.08. The monoisotopic (exact) mass is 307 g/mol. The van der Waals surface area contributed by atoms with Crippen LogP contribution in [0.4, 0.5) is 0 Å². The average Bonchev–Trinajstić information content (AvgIpc) is 2.98. The van der Waals surface area contributed by atoms with Crippen LogP contribution < -0.4 is 0 Å². The van der Waals surface area contributed by atoms with Crippen molar-refractivity contribution in [2.75, 3.05) is 0 Å². The molecule has 1 aromatic carbocycles. The van der Waals surface area contributed by atoms with E-state index in [1.54, 1.807) is 18.2 Å². The van der Waals surface area contributed by atoms with Gasteiger partial charge >= 0.3 is 5.97 Å². The number of aliphatic carboxylic acids is 1. The third kappa shape index (κ3) is 4.32. The van der Waals surface area contributed by atoms with Gasteiger partial charge in [-0.05, 0) is 29.8 Å². The van der Waals surface area contributed by atoms with Crippen LogP contribution in [0, 0.1) is 0 Å². The first kappa shape index (κ1) is 16.7. The van der Waals surface area contributed by atoms with E-state index in [-0.39, 0.29) is 4.90 Å². The van der Waals surface area contributed by atoms with Gasteiger partial charge in [-0.3, -0.25) is 0 Å². The first-order valence-corrected chi connectivity index (χ1v) is 7.84. The van der Waals surface area contributed by atoms with Crippen molar-refractivity contribution in [3.05, 3.63) is 60.4 Å². The molecule has 0 amide bonds. The molecule has 0 saturated heterocycles. The van der Waals surface area contributed by atoms with Crippen LogP contribution >= 0.6 is 0 Å². The first-order chi connectivity index (χ1) is 10.00. The molecule has 0 unspecified atom stereocenters. The van der Waals surface area contributed by atoms with Crippen molar-refractivity contribution >= 4 is 22.1 Å². The number of carboxylic acid groups (broad SMARTS) is 1. The molecule has 1 heterocycles. The van der Waals surface area contributed by atoms with Crippen LogP contribution in [0.2, 0.25) is 0 Å². The summed E-state index contributed by atoms with van der Waals surface area (Å²) in [6.45, 7) is 4.00. The highest BCUT2D eigenvalue weighted by molar-refractivity contribution is 7.90. The molecule has 0 saturated carbocycles. The fourth-order valence-electron chi connectivity index (χ4n) is 1.52. The fraction of sp³-hybridized carbons (Fsp3) is 0.133. The average molecular weight is 307 g/mol. The van der Waals surface area contributed by atoms with Crippen LogP contribution in [0.3, 0.4) is 0 Å². The van der Waals surface area contributed by atoms with Gasteiger partial charge in [-0.2, -0.15) is 0 Å². The summed E-state index contributed by atoms with van der Waals surface area (Å²) in [5.74, 6) is -1.08. The molecule has 0 bridgehead atoms. The molecule has 0 atom stereocenters. The zero-order chi connectivity index (χ0) is 15.9. The Bertz CT molecular complexity index is 715. The van der Waals surface area contributed by atoms with Gasteiger partial charge in [0, 0.05) is 18.5 Å². The van der Waals surface area contributed by atoms with Crippen molar-refractivity contribution in [1.82, 2.24) is 3.97 Å². The fourth-order valence-corrected chi connectivity index (χ4v) is 2.75. The zero-order valence-electron chi connectivity index (χ0n) is 11.8. The molecule has 1 aromatic heterocycles. The molecule has 0 aliphatic rings. The molecule has 6 heteroatoms. The summed E-state index contributed by atoms with van der Waals surface area (Å²) >= 11 is 0. The Hall–Kier alpha value is -2.34. The Balaban J connectivity index is 0.00000106. The largest absolute Gasteiger partial charge is 0.478 e. The summed E-state index contributed by atoms with van der Waals surface area (Å²) < 4.78 is 25.5. The van der Waals surface area contributed by atoms with Crippen molar-refractivity contribution < 1.29 is 18.3 Å². The Kier molecular flexibility index (Phi) is 5.92. The molecule has 0 aliphatic heterocycles. The Morgan fingerprint density at radius 2 is 1.76 bits per heavy atom. The normalized spacial score (nSPS) is 11.0. The SMILES string of the molecule is CC.O=C(O)/C=C/c1ccn(S(=O)(=O)c2ccccc2)c1. The second-order valence-electron chi connectivity index (χ2n) is 3.76. The minimum absolute atomic E-state index is 0.180. The van der Waals surface area contributed by atoms with Gasteiger partial charge in [0.05, 0.1) is 4.90 Å². The summed E-state index contributed by atoms with van der Waals surface area (Å²) in [5, 5.41) is 8.51. The summed E-state index contributed by atoms with van der Waals surface area (Å²) in [6.07, 6.45) is 5.03. The molecule has 5 nitrogen and oxygen atoms in total. The highest BCUT2D eigenvalue weighted by atomic mass is 32.2. The lowest BCUT2D eigenvalue weighted by atomic mass is 10.3. The topological polar surface area (TPSA) is 76.4 Å². The van der Waals surface area contributed by atoms with Crippen LogP contribution in [0.1, 0.15) is 19.4 Å². The molecule has 0 radical (unpaired) electrons. The third-order valence-electron chi connectivity index (χ3n) is 2.43. The van der Waals surface area contributed by atoms with E-state index < -0.39 is 16.0 Å². The van der Waals surface area contributed by atoms with E-state index in [0.717, 1.165) is 10.0 Å². The number of hydrogen-bond donors (Lipinski definition) is 1. The standard InChI is InChI=1S/C13H11NO4S.C2H6/c15-13(16)7-6-11-8-9-14(10-11)19(17,18)12-4-2-1-3-5-12;1-2/h1-10H,(H,15,16);1-2H3/b7-6+;. The molecule has 1 N–H and O–H groups in total. The van der Waals surface area contributed by atoms with Crippen molar-refractivity contribution in [2.45, 2.75) is 18.7 Å². The lowest BCUT2D eigenvalue weighted by Gasteiger charge is -2.04. The minimum atomic E-state index is -3.62. The van der Waals surface area contributed by atoms with E-state index in [1.165, 1.54) is 36.7 Å². The van der Waals surface area contributed by atoms with Gasteiger partial charge < -0.3 is 5.11 Å². The lowest BCUT2D eigenvalue weighted by molar-refractivity contribution is -0.131. The van der Waals surface area contributed by atoms with Crippen LogP contribution in [-0.2, 0) is 14.8 Å². The predicted octanol–water partition coefficient (Wildman–Crippen LogP) is 2.85. The Morgan fingerprint density at radius 1 is 1.14 bits per heavy atom. The minimum Gasteiger partial charge on any atom is -0.478 e. The molecule has 0 aliphatic carbocycles. The van der Waals surface area contributed by atoms with E-state index in [0.29, 0.717) is 5.56 Å². The van der Waals surface area contributed by atoms with E-state index in [4.69, 9.17) is 5.11 Å². The second kappa shape index (κ2) is 7.44. The molecule has 2 rings (SSSR count). The van der Waals surface area contributed by atoms with Crippen LogP contribution in [0.5, 0.6) is 0 Å². The number of carboxylic acids is 1. The van der Waals surface area contributed by atoms with Gasteiger partial charge in [-0.1, -0.05) is 32.0 Å². The summed E-state index contributed by atoms with van der Waals surface area (Å²) in [6, 6.07) is 9.54. The van der Waals surface area contributed by atoms with Crippen molar-refractivity contribution in [3.8, 4) is 0 Å². The number of aromatic nitrogens is 1.